The SMILES string of the molecule is CCOC(=O)C(=C(N(C)C)N(C)C)c1ccccc1. The third-order valence-electron chi connectivity index (χ3n) is 2.61. The Kier molecular flexibility index (Phi) is 5.42. The lowest BCUT2D eigenvalue weighted by atomic mass is 10.1. The fourth-order valence-corrected chi connectivity index (χ4v) is 1.99. The van der Waals surface area contributed by atoms with E-state index in [4.69, 9.17) is 4.74 Å². The molecule has 0 atom stereocenters. The third kappa shape index (κ3) is 3.74. The lowest BCUT2D eigenvalue weighted by Crippen LogP contribution is -2.28. The molecule has 0 fully saturated rings. The quantitative estimate of drug-likeness (QED) is 0.600. The molecule has 0 N–H and O–H groups in total. The minimum absolute atomic E-state index is 0.300. The smallest absolute Gasteiger partial charge is 0.342 e. The van der Waals surface area contributed by atoms with Gasteiger partial charge in [-0.25, -0.2) is 4.79 Å². The fraction of sp³-hybridized carbons (Fsp3) is 0.400. The van der Waals surface area contributed by atoms with Crippen LogP contribution in [-0.2, 0) is 9.53 Å². The summed E-state index contributed by atoms with van der Waals surface area (Å²) >= 11 is 0. The molecule has 0 radical (unpaired) electrons. The number of carbonyl (C=O) groups is 1. The summed E-state index contributed by atoms with van der Waals surface area (Å²) in [6.45, 7) is 2.18. The molecule has 0 saturated heterocycles. The molecule has 1 rings (SSSR count). The largest absolute Gasteiger partial charge is 0.462 e. The molecule has 0 heterocycles. The minimum Gasteiger partial charge on any atom is -0.462 e. The Balaban J connectivity index is 3.41. The van der Waals surface area contributed by atoms with Gasteiger partial charge in [0.25, 0.3) is 0 Å². The number of esters is 1. The van der Waals surface area contributed by atoms with Crippen molar-refractivity contribution in [1.82, 2.24) is 9.80 Å². The lowest BCUT2D eigenvalue weighted by molar-refractivity contribution is -0.136. The highest BCUT2D eigenvalue weighted by Crippen LogP contribution is 2.23. The van der Waals surface area contributed by atoms with Gasteiger partial charge in [0, 0.05) is 28.2 Å². The highest BCUT2D eigenvalue weighted by Gasteiger charge is 2.21. The number of carbonyl (C=O) groups excluding carboxylic acids is 1. The maximum Gasteiger partial charge on any atom is 0.342 e. The Bertz CT molecular complexity index is 440. The predicted octanol–water partition coefficient (Wildman–Crippen LogP) is 2.04. The summed E-state index contributed by atoms with van der Waals surface area (Å²) in [6.07, 6.45) is 0. The van der Waals surface area contributed by atoms with E-state index in [9.17, 15) is 4.79 Å². The van der Waals surface area contributed by atoms with Crippen molar-refractivity contribution >= 4 is 11.5 Å². The summed E-state index contributed by atoms with van der Waals surface area (Å²) < 4.78 is 5.19. The van der Waals surface area contributed by atoms with Crippen LogP contribution in [0.15, 0.2) is 36.2 Å². The van der Waals surface area contributed by atoms with Gasteiger partial charge in [0.1, 0.15) is 11.4 Å². The molecular formula is C15H22N2O2. The average molecular weight is 262 g/mol. The summed E-state index contributed by atoms with van der Waals surface area (Å²) in [4.78, 5) is 16.1. The first-order valence-electron chi connectivity index (χ1n) is 6.30. The Morgan fingerprint density at radius 2 is 1.58 bits per heavy atom. The molecule has 0 bridgehead atoms. The molecule has 0 amide bonds. The van der Waals surface area contributed by atoms with Crippen LogP contribution in [0.25, 0.3) is 5.57 Å². The van der Waals surface area contributed by atoms with E-state index in [0.29, 0.717) is 12.2 Å². The second-order valence-corrected chi connectivity index (χ2v) is 4.57. The van der Waals surface area contributed by atoms with E-state index in [2.05, 4.69) is 0 Å². The van der Waals surface area contributed by atoms with Gasteiger partial charge in [-0.1, -0.05) is 30.3 Å². The Labute approximate surface area is 115 Å². The van der Waals surface area contributed by atoms with Crippen LogP contribution in [0, 0.1) is 0 Å². The van der Waals surface area contributed by atoms with Crippen LogP contribution in [0.1, 0.15) is 12.5 Å². The summed E-state index contributed by atoms with van der Waals surface area (Å²) in [7, 11) is 7.66. The van der Waals surface area contributed by atoms with Crippen molar-refractivity contribution in [3.8, 4) is 0 Å². The number of benzene rings is 1. The molecule has 4 heteroatoms. The number of rotatable bonds is 5. The van der Waals surface area contributed by atoms with Crippen LogP contribution >= 0.6 is 0 Å². The average Bonchev–Trinajstić information content (AvgIpc) is 2.36. The zero-order valence-corrected chi connectivity index (χ0v) is 12.3. The van der Waals surface area contributed by atoms with Gasteiger partial charge in [-0.05, 0) is 12.5 Å². The third-order valence-corrected chi connectivity index (χ3v) is 2.61. The van der Waals surface area contributed by atoms with Gasteiger partial charge in [0.2, 0.25) is 0 Å². The Morgan fingerprint density at radius 3 is 2.00 bits per heavy atom. The van der Waals surface area contributed by atoms with Crippen LogP contribution in [0.3, 0.4) is 0 Å². The van der Waals surface area contributed by atoms with Gasteiger partial charge in [-0.15, -0.1) is 0 Å². The van der Waals surface area contributed by atoms with Crippen molar-refractivity contribution in [3.05, 3.63) is 41.7 Å². The number of nitrogens with zero attached hydrogens (tertiary/aromatic N) is 2. The van der Waals surface area contributed by atoms with Gasteiger partial charge in [-0.2, -0.15) is 0 Å². The molecule has 0 spiro atoms. The molecule has 1 aromatic carbocycles. The van der Waals surface area contributed by atoms with E-state index in [1.54, 1.807) is 0 Å². The molecule has 4 nitrogen and oxygen atoms in total. The lowest BCUT2D eigenvalue weighted by Gasteiger charge is -2.27. The van der Waals surface area contributed by atoms with Crippen molar-refractivity contribution in [1.29, 1.82) is 0 Å². The first-order chi connectivity index (χ1) is 8.99. The molecule has 0 aliphatic rings. The van der Waals surface area contributed by atoms with Gasteiger partial charge in [0.05, 0.1) is 6.61 Å². The van der Waals surface area contributed by atoms with Crippen molar-refractivity contribution < 1.29 is 9.53 Å². The van der Waals surface area contributed by atoms with Gasteiger partial charge in [-0.3, -0.25) is 0 Å². The standard InChI is InChI=1S/C15H22N2O2/c1-6-19-15(18)13(12-10-8-7-9-11-12)14(16(2)3)17(4)5/h7-11H,6H2,1-5H3. The van der Waals surface area contributed by atoms with E-state index in [1.165, 1.54) is 0 Å². The second kappa shape index (κ2) is 6.83. The van der Waals surface area contributed by atoms with E-state index < -0.39 is 0 Å². The molecule has 0 aliphatic heterocycles. The van der Waals surface area contributed by atoms with E-state index in [1.807, 2.05) is 75.2 Å². The van der Waals surface area contributed by atoms with E-state index >= 15 is 0 Å². The zero-order chi connectivity index (χ0) is 14.4. The molecular weight excluding hydrogens is 240 g/mol. The Morgan fingerprint density at radius 1 is 1.05 bits per heavy atom. The van der Waals surface area contributed by atoms with Crippen LogP contribution in [-0.4, -0.2) is 50.6 Å². The zero-order valence-electron chi connectivity index (χ0n) is 12.3. The van der Waals surface area contributed by atoms with E-state index in [0.717, 1.165) is 11.4 Å². The fourth-order valence-electron chi connectivity index (χ4n) is 1.99. The summed E-state index contributed by atoms with van der Waals surface area (Å²) in [5.74, 6) is 0.524. The maximum atomic E-state index is 12.3. The first-order valence-corrected chi connectivity index (χ1v) is 6.30. The van der Waals surface area contributed by atoms with Crippen molar-refractivity contribution in [3.63, 3.8) is 0 Å². The summed E-state index contributed by atoms with van der Waals surface area (Å²) in [6, 6.07) is 9.59. The topological polar surface area (TPSA) is 32.8 Å². The number of hydrogen-bond acceptors (Lipinski definition) is 4. The van der Waals surface area contributed by atoms with Gasteiger partial charge >= 0.3 is 5.97 Å². The van der Waals surface area contributed by atoms with Crippen molar-refractivity contribution in [2.75, 3.05) is 34.8 Å². The summed E-state index contributed by atoms with van der Waals surface area (Å²) in [5, 5.41) is 0. The predicted molar refractivity (Wildman–Crippen MR) is 77.4 cm³/mol. The highest BCUT2D eigenvalue weighted by atomic mass is 16.5. The van der Waals surface area contributed by atoms with Crippen LogP contribution in [0.4, 0.5) is 0 Å². The van der Waals surface area contributed by atoms with Crippen molar-refractivity contribution in [2.45, 2.75) is 6.92 Å². The molecule has 0 saturated carbocycles. The van der Waals surface area contributed by atoms with Crippen LogP contribution in [0.2, 0.25) is 0 Å². The normalized spacial score (nSPS) is 9.74. The first kappa shape index (κ1) is 15.1. The number of hydrogen-bond donors (Lipinski definition) is 0. The monoisotopic (exact) mass is 262 g/mol. The highest BCUT2D eigenvalue weighted by molar-refractivity contribution is 6.17. The van der Waals surface area contributed by atoms with Crippen LogP contribution < -0.4 is 0 Å². The Hall–Kier alpha value is -1.97. The van der Waals surface area contributed by atoms with Crippen molar-refractivity contribution in [2.24, 2.45) is 0 Å². The molecule has 1 aromatic rings. The molecule has 104 valence electrons. The van der Waals surface area contributed by atoms with Gasteiger partial charge in [0.15, 0.2) is 0 Å². The molecule has 0 aliphatic carbocycles. The number of ether oxygens (including phenoxy) is 1. The van der Waals surface area contributed by atoms with E-state index in [-0.39, 0.29) is 5.97 Å². The summed E-state index contributed by atoms with van der Waals surface area (Å²) in [5.41, 5.74) is 1.44. The second-order valence-electron chi connectivity index (χ2n) is 4.57. The molecule has 0 unspecified atom stereocenters. The molecule has 0 aromatic heterocycles. The maximum absolute atomic E-state index is 12.3. The van der Waals surface area contributed by atoms with Gasteiger partial charge < -0.3 is 14.5 Å². The molecule has 19 heavy (non-hydrogen) atoms. The minimum atomic E-state index is -0.300. The van der Waals surface area contributed by atoms with Crippen LogP contribution in [0.5, 0.6) is 0 Å².